The summed E-state index contributed by atoms with van der Waals surface area (Å²) in [4.78, 5) is 0. The predicted octanol–water partition coefficient (Wildman–Crippen LogP) is -4.21. The summed E-state index contributed by atoms with van der Waals surface area (Å²) < 4.78 is 1.60. The Morgan fingerprint density at radius 1 is 0.875 bits per heavy atom. The second kappa shape index (κ2) is 10.2. The Bertz CT molecular complexity index is 611. The van der Waals surface area contributed by atoms with Crippen LogP contribution in [-0.2, 0) is 26.9 Å². The van der Waals surface area contributed by atoms with Gasteiger partial charge in [-0.3, -0.25) is 0 Å². The van der Waals surface area contributed by atoms with E-state index in [0.717, 1.165) is 6.42 Å². The molecule has 1 aromatic rings. The fourth-order valence-corrected chi connectivity index (χ4v) is 8.68. The summed E-state index contributed by atoms with van der Waals surface area (Å²) in [5, 5.41) is 3.31. The third kappa shape index (κ3) is 6.46. The van der Waals surface area contributed by atoms with Gasteiger partial charge in [0, 0.05) is 0 Å². The van der Waals surface area contributed by atoms with Crippen molar-refractivity contribution < 1.29 is 57.7 Å². The molecule has 0 amide bonds. The second-order valence-electron chi connectivity index (χ2n) is 8.13. The molecular formula is C18H27Cl3Si2Ti. The van der Waals surface area contributed by atoms with Crippen LogP contribution in [0.1, 0.15) is 12.0 Å². The van der Waals surface area contributed by atoms with E-state index in [1.54, 1.807) is 25.4 Å². The first-order chi connectivity index (χ1) is 9.60. The van der Waals surface area contributed by atoms with Crippen LogP contribution < -0.4 is 42.4 Å². The Morgan fingerprint density at radius 3 is 1.88 bits per heavy atom. The Balaban J connectivity index is 0. The second-order valence-corrected chi connectivity index (χ2v) is 19.0. The van der Waals surface area contributed by atoms with E-state index < -0.39 is 16.1 Å². The molecule has 1 aliphatic carbocycles. The average Bonchev–Trinajstić information content (AvgIpc) is 2.70. The molecule has 24 heavy (non-hydrogen) atoms. The van der Waals surface area contributed by atoms with Gasteiger partial charge in [0.2, 0.25) is 0 Å². The van der Waals surface area contributed by atoms with E-state index in [1.165, 1.54) is 6.42 Å². The van der Waals surface area contributed by atoms with Gasteiger partial charge in [-0.15, -0.1) is 0 Å². The molecule has 0 N–H and O–H groups in total. The number of rotatable bonds is 4. The minimum Gasteiger partial charge on any atom is -1.00 e. The topological polar surface area (TPSA) is 0 Å². The third-order valence-electron chi connectivity index (χ3n) is 4.21. The Morgan fingerprint density at radius 2 is 1.42 bits per heavy atom. The Hall–Kier alpha value is 0.718. The van der Waals surface area contributed by atoms with Crippen LogP contribution in [0.25, 0.3) is 0 Å². The zero-order chi connectivity index (χ0) is 15.8. The van der Waals surface area contributed by atoms with Gasteiger partial charge in [-0.2, -0.15) is 0 Å². The Kier molecular flexibility index (Phi) is 11.4. The third-order valence-corrected chi connectivity index (χ3v) is 9.75. The summed E-state index contributed by atoms with van der Waals surface area (Å²) in [6, 6.07) is 9.12. The van der Waals surface area contributed by atoms with E-state index >= 15 is 0 Å². The average molecular weight is 454 g/mol. The van der Waals surface area contributed by atoms with Crippen LogP contribution in [0.15, 0.2) is 45.0 Å². The smallest absolute Gasteiger partial charge is 1.00 e. The molecule has 0 unspecified atom stereocenters. The van der Waals surface area contributed by atoms with Crippen LogP contribution in [0.2, 0.25) is 39.3 Å². The van der Waals surface area contributed by atoms with Gasteiger partial charge in [-0.25, -0.2) is 0 Å². The molecule has 0 radical (unpaired) electrons. The molecule has 0 spiro atoms. The molecule has 0 bridgehead atoms. The molecule has 2 rings (SSSR count). The van der Waals surface area contributed by atoms with Crippen LogP contribution in [0, 0.1) is 0 Å². The molecule has 132 valence electrons. The van der Waals surface area contributed by atoms with E-state index in [2.05, 4.69) is 90.1 Å². The zero-order valence-electron chi connectivity index (χ0n) is 15.4. The summed E-state index contributed by atoms with van der Waals surface area (Å²) >= 11 is 2.35. The maximum Gasteiger partial charge on any atom is -1.00 e. The molecule has 0 fully saturated rings. The molecule has 0 heterocycles. The summed E-state index contributed by atoms with van der Waals surface area (Å²) in [7, 11) is -2.44. The van der Waals surface area contributed by atoms with Crippen LogP contribution in [0.4, 0.5) is 0 Å². The molecule has 0 atom stereocenters. The molecule has 0 aliphatic heterocycles. The first kappa shape index (κ1) is 26.9. The molecule has 0 aromatic heterocycles. The van der Waals surface area contributed by atoms with Crippen molar-refractivity contribution in [2.45, 2.75) is 52.1 Å². The van der Waals surface area contributed by atoms with Crippen LogP contribution >= 0.6 is 0 Å². The summed E-state index contributed by atoms with van der Waals surface area (Å²) in [5.74, 6) is 0. The first-order valence-electron chi connectivity index (χ1n) is 7.83. The van der Waals surface area contributed by atoms with Crippen molar-refractivity contribution in [3.8, 4) is 0 Å². The fourth-order valence-electron chi connectivity index (χ4n) is 3.10. The van der Waals surface area contributed by atoms with Crippen molar-refractivity contribution in [2.75, 3.05) is 0 Å². The van der Waals surface area contributed by atoms with Gasteiger partial charge in [0.05, 0.1) is 0 Å². The first-order valence-corrected chi connectivity index (χ1v) is 15.6. The monoisotopic (exact) mass is 452 g/mol. The quantitative estimate of drug-likeness (QED) is 0.406. The van der Waals surface area contributed by atoms with Crippen LogP contribution in [0.5, 0.6) is 0 Å². The van der Waals surface area contributed by atoms with Crippen molar-refractivity contribution in [1.29, 1.82) is 0 Å². The van der Waals surface area contributed by atoms with E-state index in [0.29, 0.717) is 0 Å². The van der Waals surface area contributed by atoms with Gasteiger partial charge in [0.15, 0.2) is 0 Å². The van der Waals surface area contributed by atoms with Crippen LogP contribution in [0.3, 0.4) is 0 Å². The normalized spacial score (nSPS) is 14.4. The molecule has 6 heteroatoms. The molecule has 0 saturated heterocycles. The van der Waals surface area contributed by atoms with Crippen molar-refractivity contribution >= 4 is 21.3 Å². The van der Waals surface area contributed by atoms with Crippen molar-refractivity contribution in [3.63, 3.8) is 0 Å². The standard InChI is InChI=1S/C18H27Si2.3ClH.Ti/c1-19(2,3)17-12-11-15(14-17)13-16-9-7-8-10-18(16)20(4,5)6;;;;/h7-10,12H,11,13H2,1-6H3;3*1H;/q;;;;+3/p-3. The van der Waals surface area contributed by atoms with Gasteiger partial charge in [0.1, 0.15) is 0 Å². The number of hydrogen-bond acceptors (Lipinski definition) is 0. The number of halogens is 3. The fraction of sp³-hybridized carbons (Fsp3) is 0.444. The molecule has 0 saturated carbocycles. The summed E-state index contributed by atoms with van der Waals surface area (Å²) in [6.45, 7) is 14.7. The largest absolute Gasteiger partial charge is 1.00 e. The number of allylic oxidation sites excluding steroid dienone is 4. The van der Waals surface area contributed by atoms with Gasteiger partial charge >= 0.3 is 144 Å². The minimum atomic E-state index is -1.26. The van der Waals surface area contributed by atoms with Gasteiger partial charge in [0.25, 0.3) is 0 Å². The molecular weight excluding hydrogens is 427 g/mol. The van der Waals surface area contributed by atoms with E-state index in [-0.39, 0.29) is 37.2 Å². The predicted molar refractivity (Wildman–Crippen MR) is 96.2 cm³/mol. The maximum absolute atomic E-state index is 2.51. The van der Waals surface area contributed by atoms with Gasteiger partial charge in [-0.05, 0) is 0 Å². The van der Waals surface area contributed by atoms with Crippen molar-refractivity contribution in [1.82, 2.24) is 0 Å². The SMILES string of the molecule is C[Si](C)(C)C1=CCC(Cc2ccccc2[Si](C)(C)C)=[C]1[Ti+3].[Cl-].[Cl-].[Cl-]. The van der Waals surface area contributed by atoms with Gasteiger partial charge < -0.3 is 37.2 Å². The molecule has 0 nitrogen and oxygen atoms in total. The summed E-state index contributed by atoms with van der Waals surface area (Å²) in [5.41, 5.74) is 3.22. The minimum absolute atomic E-state index is 0. The zero-order valence-corrected chi connectivity index (χ0v) is 21.3. The van der Waals surface area contributed by atoms with Crippen molar-refractivity contribution in [3.05, 3.63) is 50.6 Å². The van der Waals surface area contributed by atoms with E-state index in [1.807, 2.05) is 0 Å². The number of hydrogen-bond donors (Lipinski definition) is 0. The van der Waals surface area contributed by atoms with E-state index in [4.69, 9.17) is 0 Å². The maximum atomic E-state index is 2.51. The molecule has 1 aromatic carbocycles. The van der Waals surface area contributed by atoms with Gasteiger partial charge in [-0.1, -0.05) is 0 Å². The van der Waals surface area contributed by atoms with Crippen LogP contribution in [-0.4, -0.2) is 16.1 Å². The van der Waals surface area contributed by atoms with Crippen molar-refractivity contribution in [2.24, 2.45) is 0 Å². The number of benzene rings is 1. The Labute approximate surface area is 180 Å². The van der Waals surface area contributed by atoms with E-state index in [9.17, 15) is 0 Å². The summed E-state index contributed by atoms with van der Waals surface area (Å²) in [6.07, 6.45) is 4.83. The molecule has 1 aliphatic rings.